The molecule has 0 spiro atoms. The molecule has 2 atom stereocenters. The molecule has 2 aromatic heterocycles. The molecule has 5 rings (SSSR count). The van der Waals surface area contributed by atoms with E-state index in [1.54, 1.807) is 7.05 Å². The molecular formula is C23H18F3N3O3. The van der Waals surface area contributed by atoms with Crippen molar-refractivity contribution in [2.75, 3.05) is 7.05 Å². The number of hydrogen-bond acceptors (Lipinski definition) is 3. The minimum Gasteiger partial charge on any atom is -0.387 e. The molecule has 0 saturated heterocycles. The van der Waals surface area contributed by atoms with Crippen LogP contribution >= 0.6 is 0 Å². The molecule has 0 aliphatic heterocycles. The van der Waals surface area contributed by atoms with Gasteiger partial charge in [-0.1, -0.05) is 0 Å². The smallest absolute Gasteiger partial charge is 0.270 e. The third-order valence-corrected chi connectivity index (χ3v) is 6.11. The number of aliphatic hydroxyl groups is 1. The van der Waals surface area contributed by atoms with Crippen molar-refractivity contribution in [3.05, 3.63) is 81.2 Å². The van der Waals surface area contributed by atoms with Crippen molar-refractivity contribution < 1.29 is 23.1 Å². The lowest BCUT2D eigenvalue weighted by atomic mass is 9.85. The van der Waals surface area contributed by atoms with E-state index in [1.807, 2.05) is 0 Å². The molecular weight excluding hydrogens is 423 g/mol. The van der Waals surface area contributed by atoms with E-state index in [9.17, 15) is 27.9 Å². The van der Waals surface area contributed by atoms with Crippen LogP contribution in [0.25, 0.3) is 21.7 Å². The molecule has 2 heterocycles. The average Bonchev–Trinajstić information content (AvgIpc) is 3.18. The van der Waals surface area contributed by atoms with Gasteiger partial charge < -0.3 is 20.0 Å². The number of benzene rings is 2. The van der Waals surface area contributed by atoms with Crippen molar-refractivity contribution in [1.82, 2.24) is 14.9 Å². The van der Waals surface area contributed by atoms with Gasteiger partial charge in [0.1, 0.15) is 11.5 Å². The van der Waals surface area contributed by atoms with Crippen LogP contribution in [0.1, 0.15) is 46.7 Å². The number of halogens is 3. The highest BCUT2D eigenvalue weighted by Crippen LogP contribution is 2.41. The number of rotatable bonds is 2. The van der Waals surface area contributed by atoms with E-state index in [-0.39, 0.29) is 28.6 Å². The number of fused-ring (bicyclic) bond motifs is 4. The summed E-state index contributed by atoms with van der Waals surface area (Å²) in [6, 6.07) is 6.78. The summed E-state index contributed by atoms with van der Waals surface area (Å²) in [5.41, 5.74) is 0.726. The van der Waals surface area contributed by atoms with E-state index in [2.05, 4.69) is 9.97 Å². The summed E-state index contributed by atoms with van der Waals surface area (Å²) in [6.07, 6.45) is -0.407. The first-order valence-electron chi connectivity index (χ1n) is 10.0. The summed E-state index contributed by atoms with van der Waals surface area (Å²) in [7, 11) is 1.55. The van der Waals surface area contributed by atoms with Crippen molar-refractivity contribution in [3.63, 3.8) is 0 Å². The highest BCUT2D eigenvalue weighted by atomic mass is 19.2. The number of aliphatic hydroxyl groups excluding tert-OH is 1. The quantitative estimate of drug-likeness (QED) is 0.438. The van der Waals surface area contributed by atoms with Gasteiger partial charge >= 0.3 is 0 Å². The molecule has 32 heavy (non-hydrogen) atoms. The summed E-state index contributed by atoms with van der Waals surface area (Å²) in [6.45, 7) is 0. The normalized spacial score (nSPS) is 18.2. The first kappa shape index (κ1) is 20.3. The Morgan fingerprint density at radius 1 is 1.03 bits per heavy atom. The molecule has 0 radical (unpaired) electrons. The third kappa shape index (κ3) is 3.08. The van der Waals surface area contributed by atoms with Crippen LogP contribution in [0.3, 0.4) is 0 Å². The molecule has 0 fully saturated rings. The highest BCUT2D eigenvalue weighted by molar-refractivity contribution is 5.98. The molecule has 4 aromatic rings. The summed E-state index contributed by atoms with van der Waals surface area (Å²) >= 11 is 0. The Morgan fingerprint density at radius 3 is 2.50 bits per heavy atom. The fraction of sp³-hybridized carbons (Fsp3) is 0.217. The number of pyridine rings is 1. The van der Waals surface area contributed by atoms with Crippen molar-refractivity contribution in [3.8, 4) is 0 Å². The van der Waals surface area contributed by atoms with Gasteiger partial charge in [-0.15, -0.1) is 0 Å². The minimum atomic E-state index is -1.16. The summed E-state index contributed by atoms with van der Waals surface area (Å²) in [4.78, 5) is 32.7. The maximum Gasteiger partial charge on any atom is 0.270 e. The number of aromatic amines is 2. The number of nitrogens with one attached hydrogen (secondary N) is 2. The number of carbonyl (C=O) groups is 1. The zero-order valence-corrected chi connectivity index (χ0v) is 16.9. The molecule has 9 heteroatoms. The maximum absolute atomic E-state index is 14.1. The van der Waals surface area contributed by atoms with Crippen LogP contribution in [0.15, 0.2) is 41.2 Å². The third-order valence-electron chi connectivity index (χ3n) is 6.11. The van der Waals surface area contributed by atoms with Gasteiger partial charge in [0.15, 0.2) is 11.6 Å². The Morgan fingerprint density at radius 2 is 1.75 bits per heavy atom. The fourth-order valence-electron chi connectivity index (χ4n) is 4.52. The Bertz CT molecular complexity index is 1460. The van der Waals surface area contributed by atoms with Crippen LogP contribution in [-0.2, 0) is 0 Å². The van der Waals surface area contributed by atoms with Gasteiger partial charge in [0, 0.05) is 23.5 Å². The average molecular weight is 441 g/mol. The maximum atomic E-state index is 14.1. The molecule has 1 amide bonds. The van der Waals surface area contributed by atoms with Crippen LogP contribution < -0.4 is 5.56 Å². The number of H-pyrrole nitrogens is 2. The van der Waals surface area contributed by atoms with Gasteiger partial charge in [-0.05, 0) is 54.6 Å². The molecule has 3 N–H and O–H groups in total. The van der Waals surface area contributed by atoms with Crippen LogP contribution in [-0.4, -0.2) is 32.9 Å². The lowest BCUT2D eigenvalue weighted by Crippen LogP contribution is -2.35. The predicted octanol–water partition coefficient (Wildman–Crippen LogP) is 4.07. The molecule has 164 valence electrons. The Hall–Kier alpha value is -3.59. The van der Waals surface area contributed by atoms with Crippen molar-refractivity contribution in [1.29, 1.82) is 0 Å². The molecule has 6 nitrogen and oxygen atoms in total. The van der Waals surface area contributed by atoms with E-state index < -0.39 is 41.1 Å². The van der Waals surface area contributed by atoms with E-state index in [1.165, 1.54) is 29.2 Å². The number of amides is 1. The molecule has 2 aromatic carbocycles. The van der Waals surface area contributed by atoms with Gasteiger partial charge in [-0.25, -0.2) is 13.2 Å². The van der Waals surface area contributed by atoms with Crippen molar-refractivity contribution in [2.24, 2.45) is 0 Å². The number of hydrogen-bond donors (Lipinski definition) is 3. The van der Waals surface area contributed by atoms with Gasteiger partial charge in [0.25, 0.3) is 11.5 Å². The molecule has 0 bridgehead atoms. The van der Waals surface area contributed by atoms with Gasteiger partial charge in [-0.3, -0.25) is 9.59 Å². The van der Waals surface area contributed by atoms with Crippen molar-refractivity contribution in [2.45, 2.75) is 25.0 Å². The summed E-state index contributed by atoms with van der Waals surface area (Å²) in [5.74, 6) is -3.12. The van der Waals surface area contributed by atoms with Crippen LogP contribution in [0.5, 0.6) is 0 Å². The van der Waals surface area contributed by atoms with Gasteiger partial charge in [-0.2, -0.15) is 0 Å². The number of aromatic nitrogens is 2. The number of nitrogens with zero attached hydrogens (tertiary/aromatic N) is 1. The standard InChI is InChI=1S/C23H18F3N3O3/c1-29(23(32)17-7-10-6-11(24)2-3-16(10)27-17)18-4-5-19(30)21-20(18)12-8-14(25)15(26)9-13(12)22(31)28-21/h2-3,6-9,18-19,27,30H,4-5H2,1H3,(H,28,31)/t18-,19-/m0/s1. The van der Waals surface area contributed by atoms with E-state index in [4.69, 9.17) is 0 Å². The van der Waals surface area contributed by atoms with Crippen LogP contribution in [0.4, 0.5) is 13.2 Å². The molecule has 1 aliphatic rings. The molecule has 0 unspecified atom stereocenters. The Labute approximate surface area is 179 Å². The molecule has 0 saturated carbocycles. The SMILES string of the molecule is CN(C(=O)c1cc2cc(F)ccc2[nH]1)[C@H]1CC[C@H](O)c2[nH]c(=O)c3cc(F)c(F)cc3c21. The summed E-state index contributed by atoms with van der Waals surface area (Å²) < 4.78 is 41.4. The first-order valence-corrected chi connectivity index (χ1v) is 10.0. The fourth-order valence-corrected chi connectivity index (χ4v) is 4.52. The monoisotopic (exact) mass is 441 g/mol. The van der Waals surface area contributed by atoms with Gasteiger partial charge in [0.05, 0.1) is 23.2 Å². The topological polar surface area (TPSA) is 89.2 Å². The highest BCUT2D eigenvalue weighted by Gasteiger charge is 2.34. The van der Waals surface area contributed by atoms with Gasteiger partial charge in [0.2, 0.25) is 0 Å². The van der Waals surface area contributed by atoms with E-state index in [0.29, 0.717) is 22.9 Å². The minimum absolute atomic E-state index is 0.0660. The second kappa shape index (κ2) is 7.23. The lowest BCUT2D eigenvalue weighted by molar-refractivity contribution is 0.0657. The van der Waals surface area contributed by atoms with Crippen LogP contribution in [0.2, 0.25) is 0 Å². The zero-order chi connectivity index (χ0) is 22.7. The first-order chi connectivity index (χ1) is 15.2. The van der Waals surface area contributed by atoms with Crippen molar-refractivity contribution >= 4 is 27.6 Å². The largest absolute Gasteiger partial charge is 0.387 e. The van der Waals surface area contributed by atoms with E-state index in [0.717, 1.165) is 12.1 Å². The van der Waals surface area contributed by atoms with Crippen LogP contribution in [0, 0.1) is 17.5 Å². The predicted molar refractivity (Wildman–Crippen MR) is 112 cm³/mol. The Balaban J connectivity index is 1.64. The summed E-state index contributed by atoms with van der Waals surface area (Å²) in [5, 5.41) is 11.1. The lowest BCUT2D eigenvalue weighted by Gasteiger charge is -2.35. The molecule has 1 aliphatic carbocycles. The zero-order valence-electron chi connectivity index (χ0n) is 16.9. The Kier molecular flexibility index (Phi) is 4.59. The van der Waals surface area contributed by atoms with E-state index >= 15 is 0 Å². The second-order valence-electron chi connectivity index (χ2n) is 8.03. The second-order valence-corrected chi connectivity index (χ2v) is 8.03. The number of carbonyl (C=O) groups excluding carboxylic acids is 1.